The number of fused-ring (bicyclic) bond motifs is 7. The average molecular weight is 973 g/mol. The van der Waals surface area contributed by atoms with Crippen molar-refractivity contribution < 1.29 is 99.3 Å². The molecule has 68 heavy (non-hydrogen) atoms. The van der Waals surface area contributed by atoms with Gasteiger partial charge in [0.15, 0.2) is 12.6 Å². The number of esters is 1. The summed E-state index contributed by atoms with van der Waals surface area (Å²) >= 11 is 0. The summed E-state index contributed by atoms with van der Waals surface area (Å²) in [5, 5.41) is 126. The van der Waals surface area contributed by atoms with Gasteiger partial charge in [-0.3, -0.25) is 9.59 Å². The zero-order chi connectivity index (χ0) is 49.8. The SMILES string of the molecule is CC1(C)CC[C@@]2(C(=O)O[C@H]3O[C@@H](CO[C@H]4O[C@@H](CO)[C@H](O)[C@@H](O)[C@@H]4O)[C@H](O)[C@@H](O)[C@@H]3O)CC[C@]3(C)C(=CC[C@@H]4[C@@]5(C)CC[C@@H](O[C@H]6O[C@@H](CO)[C@H](O)[C@@H](O)[C@@H]6O)[C@](C)(C(=O)O)[C@@H]5CC[C@]43C)[C@H]2C1. The maximum absolute atomic E-state index is 15.0. The second kappa shape index (κ2) is 18.5. The first kappa shape index (κ1) is 52.4. The van der Waals surface area contributed by atoms with Gasteiger partial charge in [-0.25, -0.2) is 0 Å². The quantitative estimate of drug-likeness (QED) is 0.0725. The number of carboxylic acid groups (broad SMARTS) is 1. The lowest BCUT2D eigenvalue weighted by molar-refractivity contribution is -0.329. The molecular weight excluding hydrogens is 897 g/mol. The normalized spacial score (nSPS) is 53.4. The number of rotatable bonds is 10. The summed E-state index contributed by atoms with van der Waals surface area (Å²) in [6, 6.07) is 0. The summed E-state index contributed by atoms with van der Waals surface area (Å²) in [6.07, 6.45) is -17.2. The Morgan fingerprint density at radius 2 is 1.18 bits per heavy atom. The van der Waals surface area contributed by atoms with Crippen LogP contribution in [0.2, 0.25) is 0 Å². The fourth-order valence-electron chi connectivity index (χ4n) is 14.9. The summed E-state index contributed by atoms with van der Waals surface area (Å²) in [7, 11) is 0. The van der Waals surface area contributed by atoms with E-state index < -0.39 is 152 Å². The van der Waals surface area contributed by atoms with Gasteiger partial charge in [-0.2, -0.15) is 0 Å². The van der Waals surface area contributed by atoms with Gasteiger partial charge in [-0.05, 0) is 111 Å². The Kier molecular flexibility index (Phi) is 14.3. The summed E-state index contributed by atoms with van der Waals surface area (Å²) in [4.78, 5) is 28.6. The number of allylic oxidation sites excluding steroid dienone is 2. The Labute approximate surface area is 396 Å². The predicted octanol–water partition coefficient (Wildman–Crippen LogP) is -0.795. The third-order valence-electron chi connectivity index (χ3n) is 19.4. The maximum Gasteiger partial charge on any atom is 0.315 e. The van der Waals surface area contributed by atoms with Crippen molar-refractivity contribution in [3.8, 4) is 0 Å². The zero-order valence-electron chi connectivity index (χ0n) is 39.9. The van der Waals surface area contributed by atoms with Gasteiger partial charge in [0.2, 0.25) is 6.29 Å². The van der Waals surface area contributed by atoms with Crippen molar-refractivity contribution in [3.63, 3.8) is 0 Å². The molecule has 8 aliphatic rings. The fraction of sp³-hybridized carbons (Fsp3) is 0.917. The van der Waals surface area contributed by atoms with Gasteiger partial charge in [-0.1, -0.05) is 46.3 Å². The number of carboxylic acids is 1. The van der Waals surface area contributed by atoms with Gasteiger partial charge in [0.25, 0.3) is 0 Å². The lowest BCUT2D eigenvalue weighted by Crippen LogP contribution is -2.67. The van der Waals surface area contributed by atoms with Crippen LogP contribution < -0.4 is 0 Å². The molecule has 0 bridgehead atoms. The number of carbonyl (C=O) groups is 2. The average Bonchev–Trinajstić information content (AvgIpc) is 3.29. The lowest BCUT2D eigenvalue weighted by Gasteiger charge is -2.71. The molecule has 388 valence electrons. The van der Waals surface area contributed by atoms with Crippen molar-refractivity contribution >= 4 is 11.9 Å². The molecule has 7 fully saturated rings. The second-order valence-corrected chi connectivity index (χ2v) is 23.3. The Bertz CT molecular complexity index is 1900. The van der Waals surface area contributed by atoms with Crippen LogP contribution in [-0.2, 0) is 38.0 Å². The van der Waals surface area contributed by atoms with Gasteiger partial charge in [-0.15, -0.1) is 0 Å². The van der Waals surface area contributed by atoms with Gasteiger partial charge in [0.05, 0.1) is 36.8 Å². The standard InChI is InChI=1S/C48H76O20/c1-43(2)13-15-48(42(62)68-40-37(59)34(56)31(53)25(66-40)20-63-38-35(57)32(54)29(51)23(18-49)64-38)16-14-45(4)21(22(48)17-43)7-8-26-44(3)11-10-28(47(6,41(60)61)27(44)9-12-46(26,45)5)67-39-36(58)33(55)30(52)24(19-50)65-39/h7,22-40,49-59H,8-20H2,1-6H3,(H,60,61)/t22-,23+,24+,25+,26-,27-,28-,29+,30+,31+,32-,33-,34-,35+,36+,37+,38+,39-,40-,44-,45-,46-,47-,48-/m1/s1. The highest BCUT2D eigenvalue weighted by Crippen LogP contribution is 2.76. The van der Waals surface area contributed by atoms with Crippen LogP contribution in [0, 0.1) is 50.2 Å². The van der Waals surface area contributed by atoms with Crippen molar-refractivity contribution in [2.75, 3.05) is 19.8 Å². The molecule has 0 aromatic carbocycles. The number of aliphatic carboxylic acids is 1. The molecule has 0 amide bonds. The molecule has 4 saturated carbocycles. The number of carbonyl (C=O) groups excluding carboxylic acids is 1. The molecule has 0 spiro atoms. The Morgan fingerprint density at radius 3 is 1.78 bits per heavy atom. The van der Waals surface area contributed by atoms with Gasteiger partial charge < -0.3 is 89.7 Å². The zero-order valence-corrected chi connectivity index (χ0v) is 39.9. The summed E-state index contributed by atoms with van der Waals surface area (Å²) in [5.41, 5.74) is -2.77. The highest BCUT2D eigenvalue weighted by Gasteiger charge is 2.72. The minimum Gasteiger partial charge on any atom is -0.481 e. The van der Waals surface area contributed by atoms with Crippen LogP contribution in [0.1, 0.15) is 106 Å². The van der Waals surface area contributed by atoms with Crippen molar-refractivity contribution in [3.05, 3.63) is 11.6 Å². The van der Waals surface area contributed by atoms with E-state index in [1.54, 1.807) is 6.92 Å². The number of hydrogen-bond acceptors (Lipinski definition) is 19. The molecule has 5 aliphatic carbocycles. The molecule has 12 N–H and O–H groups in total. The smallest absolute Gasteiger partial charge is 0.315 e. The summed E-state index contributed by atoms with van der Waals surface area (Å²) in [5.74, 6) is -2.31. The molecule has 3 saturated heterocycles. The maximum atomic E-state index is 15.0. The predicted molar refractivity (Wildman–Crippen MR) is 232 cm³/mol. The molecule has 3 heterocycles. The molecular formula is C48H76O20. The van der Waals surface area contributed by atoms with E-state index in [9.17, 15) is 70.9 Å². The van der Waals surface area contributed by atoms with E-state index in [1.165, 1.54) is 0 Å². The number of aliphatic hydroxyl groups excluding tert-OH is 11. The second-order valence-electron chi connectivity index (χ2n) is 23.3. The minimum absolute atomic E-state index is 0.0197. The Morgan fingerprint density at radius 1 is 0.632 bits per heavy atom. The number of aliphatic hydroxyl groups is 11. The number of ether oxygens (including phenoxy) is 6. The molecule has 8 rings (SSSR count). The largest absolute Gasteiger partial charge is 0.481 e. The van der Waals surface area contributed by atoms with Gasteiger partial charge in [0.1, 0.15) is 73.2 Å². The van der Waals surface area contributed by atoms with Crippen LogP contribution in [-0.4, -0.2) is 191 Å². The molecule has 24 atom stereocenters. The van der Waals surface area contributed by atoms with Crippen LogP contribution in [0.4, 0.5) is 0 Å². The van der Waals surface area contributed by atoms with Crippen LogP contribution in [0.25, 0.3) is 0 Å². The third-order valence-corrected chi connectivity index (χ3v) is 19.4. The van der Waals surface area contributed by atoms with Crippen LogP contribution in [0.15, 0.2) is 11.6 Å². The van der Waals surface area contributed by atoms with Crippen molar-refractivity contribution in [1.29, 1.82) is 0 Å². The van der Waals surface area contributed by atoms with Crippen LogP contribution in [0.3, 0.4) is 0 Å². The molecule has 0 radical (unpaired) electrons. The molecule has 0 aromatic rings. The first-order chi connectivity index (χ1) is 31.8. The van der Waals surface area contributed by atoms with Crippen LogP contribution in [0.5, 0.6) is 0 Å². The molecule has 20 heteroatoms. The molecule has 20 nitrogen and oxygen atoms in total. The van der Waals surface area contributed by atoms with E-state index in [2.05, 4.69) is 40.7 Å². The highest BCUT2D eigenvalue weighted by atomic mass is 16.7. The third kappa shape index (κ3) is 8.03. The minimum atomic E-state index is -1.85. The molecule has 3 aliphatic heterocycles. The van der Waals surface area contributed by atoms with E-state index in [0.717, 1.165) is 5.57 Å². The lowest BCUT2D eigenvalue weighted by atomic mass is 9.33. The van der Waals surface area contributed by atoms with Crippen molar-refractivity contribution in [1.82, 2.24) is 0 Å². The first-order valence-electron chi connectivity index (χ1n) is 24.5. The van der Waals surface area contributed by atoms with E-state index in [0.29, 0.717) is 64.2 Å². The van der Waals surface area contributed by atoms with Gasteiger partial charge in [0, 0.05) is 0 Å². The molecule has 0 unspecified atom stereocenters. The highest BCUT2D eigenvalue weighted by molar-refractivity contribution is 5.79. The van der Waals surface area contributed by atoms with Crippen LogP contribution >= 0.6 is 0 Å². The van der Waals surface area contributed by atoms with Gasteiger partial charge >= 0.3 is 11.9 Å². The topological polar surface area (TPSA) is 332 Å². The molecule has 0 aromatic heterocycles. The first-order valence-corrected chi connectivity index (χ1v) is 24.5. The fourth-order valence-corrected chi connectivity index (χ4v) is 14.9. The monoisotopic (exact) mass is 972 g/mol. The van der Waals surface area contributed by atoms with E-state index in [1.807, 2.05) is 0 Å². The van der Waals surface area contributed by atoms with E-state index >= 15 is 0 Å². The van der Waals surface area contributed by atoms with E-state index in [4.69, 9.17) is 28.4 Å². The Hall–Kier alpha value is -1.96. The van der Waals surface area contributed by atoms with Crippen molar-refractivity contribution in [2.24, 2.45) is 50.2 Å². The Balaban J connectivity index is 1.03. The summed E-state index contributed by atoms with van der Waals surface area (Å²) in [6.45, 7) is 10.9. The summed E-state index contributed by atoms with van der Waals surface area (Å²) < 4.78 is 35.0. The number of hydrogen-bond donors (Lipinski definition) is 12. The van der Waals surface area contributed by atoms with Crippen molar-refractivity contribution in [2.45, 2.75) is 204 Å². The van der Waals surface area contributed by atoms with E-state index in [-0.39, 0.29) is 28.6 Å².